The van der Waals surface area contributed by atoms with Crippen LogP contribution in [0.15, 0.2) is 146 Å². The van der Waals surface area contributed by atoms with Gasteiger partial charge in [0.1, 0.15) is 11.9 Å². The molecule has 4 heteroatoms. The molecule has 6 aliphatic rings. The standard InChI is InChI=1S/C66H74N2OS/c1-3-15-45(16-4-1)47-31-37-52(38-32-47)67(53-41-35-49(36-42-53)57-25-13-27-61-59-24-8-10-30-64(59)70-66(57)61)55-21-11-19-50(43-55)51-20-12-22-56(44-51)68(54-39-33-48(34-40-54)46-17-5-2-6-18-46)62-28-14-26-60-58-23-7-9-29-63(58)69-65(60)62/h2,5-10,13,17-18,23-25,27,29-30,33-36,39-42,45,47,50-52,55-56,60,62,65H,1,3-4,11-12,14-16,19-22,26,28,31-32,37-38,43-44H2. The van der Waals surface area contributed by atoms with E-state index < -0.39 is 0 Å². The average molecular weight is 943 g/mol. The summed E-state index contributed by atoms with van der Waals surface area (Å²) in [5.74, 6) is 5.09. The molecule has 13 rings (SSSR count). The zero-order chi connectivity index (χ0) is 46.4. The first-order chi connectivity index (χ1) is 34.7. The van der Waals surface area contributed by atoms with E-state index in [9.17, 15) is 0 Å². The van der Waals surface area contributed by atoms with Crippen molar-refractivity contribution in [3.8, 4) is 28.0 Å². The third-order valence-corrected chi connectivity index (χ3v) is 20.4. The Bertz CT molecular complexity index is 2850. The van der Waals surface area contributed by atoms with Crippen molar-refractivity contribution in [1.29, 1.82) is 0 Å². The molecule has 7 atom stereocenters. The predicted octanol–water partition coefficient (Wildman–Crippen LogP) is 18.1. The largest absolute Gasteiger partial charge is 0.487 e. The molecule has 5 aliphatic carbocycles. The molecule has 3 nitrogen and oxygen atoms in total. The van der Waals surface area contributed by atoms with Gasteiger partial charge in [-0.15, -0.1) is 11.3 Å². The maximum Gasteiger partial charge on any atom is 0.126 e. The van der Waals surface area contributed by atoms with Gasteiger partial charge in [0.05, 0.1) is 6.04 Å². The van der Waals surface area contributed by atoms with Gasteiger partial charge in [0, 0.05) is 61.2 Å². The zero-order valence-electron chi connectivity index (χ0n) is 41.5. The molecule has 0 N–H and O–H groups in total. The molecule has 360 valence electrons. The van der Waals surface area contributed by atoms with E-state index in [2.05, 4.69) is 155 Å². The van der Waals surface area contributed by atoms with E-state index >= 15 is 0 Å². The average Bonchev–Trinajstić information content (AvgIpc) is 4.02. The van der Waals surface area contributed by atoms with Crippen molar-refractivity contribution in [3.63, 3.8) is 0 Å². The Balaban J connectivity index is 0.783. The highest BCUT2D eigenvalue weighted by atomic mass is 32.1. The number of anilines is 2. The van der Waals surface area contributed by atoms with Gasteiger partial charge in [-0.05, 0) is 147 Å². The molecule has 6 aromatic carbocycles. The molecule has 7 unspecified atom stereocenters. The highest BCUT2D eigenvalue weighted by molar-refractivity contribution is 7.26. The Kier molecular flexibility index (Phi) is 12.7. The van der Waals surface area contributed by atoms with Crippen molar-refractivity contribution in [2.75, 3.05) is 9.80 Å². The summed E-state index contributed by atoms with van der Waals surface area (Å²) in [4.78, 5) is 5.99. The van der Waals surface area contributed by atoms with E-state index in [1.54, 1.807) is 0 Å². The first-order valence-corrected chi connectivity index (χ1v) is 29.0. The fourth-order valence-corrected chi connectivity index (χ4v) is 17.1. The number of benzene rings is 6. The maximum atomic E-state index is 7.05. The number of ether oxygens (including phenoxy) is 1. The van der Waals surface area contributed by atoms with Gasteiger partial charge in [-0.25, -0.2) is 0 Å². The summed E-state index contributed by atoms with van der Waals surface area (Å²) in [7, 11) is 0. The molecule has 0 amide bonds. The van der Waals surface area contributed by atoms with E-state index in [-0.39, 0.29) is 6.10 Å². The smallest absolute Gasteiger partial charge is 0.126 e. The number of para-hydroxylation sites is 1. The minimum absolute atomic E-state index is 0.213. The van der Waals surface area contributed by atoms with Gasteiger partial charge >= 0.3 is 0 Å². The highest BCUT2D eigenvalue weighted by Gasteiger charge is 2.47. The molecule has 2 heterocycles. The van der Waals surface area contributed by atoms with E-state index in [1.807, 2.05) is 11.3 Å². The normalized spacial score (nSPS) is 28.2. The molecule has 1 aliphatic heterocycles. The number of rotatable bonds is 10. The van der Waals surface area contributed by atoms with Gasteiger partial charge in [-0.1, -0.05) is 173 Å². The number of thiophene rings is 1. The van der Waals surface area contributed by atoms with Crippen LogP contribution < -0.4 is 14.5 Å². The van der Waals surface area contributed by atoms with Crippen LogP contribution in [-0.4, -0.2) is 30.3 Å². The van der Waals surface area contributed by atoms with Gasteiger partial charge in [-0.3, -0.25) is 0 Å². The zero-order valence-corrected chi connectivity index (χ0v) is 42.3. The van der Waals surface area contributed by atoms with E-state index in [1.165, 1.54) is 188 Å². The lowest BCUT2D eigenvalue weighted by Gasteiger charge is -2.50. The van der Waals surface area contributed by atoms with Crippen molar-refractivity contribution >= 4 is 42.9 Å². The van der Waals surface area contributed by atoms with Crippen LogP contribution in [0.4, 0.5) is 11.4 Å². The third kappa shape index (κ3) is 8.66. The monoisotopic (exact) mass is 943 g/mol. The van der Waals surface area contributed by atoms with Gasteiger partial charge in [0.25, 0.3) is 0 Å². The van der Waals surface area contributed by atoms with Crippen LogP contribution in [-0.2, 0) is 0 Å². The van der Waals surface area contributed by atoms with Crippen molar-refractivity contribution in [3.05, 3.63) is 151 Å². The molecule has 0 saturated heterocycles. The Morgan fingerprint density at radius 2 is 1.00 bits per heavy atom. The lowest BCUT2D eigenvalue weighted by atomic mass is 9.69. The fraction of sp³-hybridized carbons (Fsp3) is 0.455. The highest BCUT2D eigenvalue weighted by Crippen LogP contribution is 2.51. The minimum atomic E-state index is 0.213. The summed E-state index contributed by atoms with van der Waals surface area (Å²) in [6.07, 6.45) is 27.6. The van der Waals surface area contributed by atoms with Crippen LogP contribution in [0.1, 0.15) is 140 Å². The summed E-state index contributed by atoms with van der Waals surface area (Å²) in [5.41, 5.74) is 9.66. The van der Waals surface area contributed by atoms with Gasteiger partial charge in [0.2, 0.25) is 0 Å². The van der Waals surface area contributed by atoms with Gasteiger partial charge in [0.15, 0.2) is 0 Å². The third-order valence-electron chi connectivity index (χ3n) is 19.2. The van der Waals surface area contributed by atoms with Crippen molar-refractivity contribution in [1.82, 2.24) is 0 Å². The van der Waals surface area contributed by atoms with E-state index in [0.29, 0.717) is 30.1 Å². The molecular weight excluding hydrogens is 869 g/mol. The van der Waals surface area contributed by atoms with Crippen molar-refractivity contribution in [2.45, 2.75) is 165 Å². The van der Waals surface area contributed by atoms with Crippen molar-refractivity contribution in [2.24, 2.45) is 23.7 Å². The van der Waals surface area contributed by atoms with Crippen LogP contribution in [0.2, 0.25) is 0 Å². The number of fused-ring (bicyclic) bond motifs is 6. The number of nitrogens with zero attached hydrogens (tertiary/aromatic N) is 2. The van der Waals surface area contributed by atoms with Crippen LogP contribution >= 0.6 is 11.3 Å². The second kappa shape index (κ2) is 19.9. The fourth-order valence-electron chi connectivity index (χ4n) is 15.8. The lowest BCUT2D eigenvalue weighted by molar-refractivity contribution is 0.114. The molecular formula is C66H74N2OS. The molecule has 0 spiro atoms. The van der Waals surface area contributed by atoms with Gasteiger partial charge in [-0.2, -0.15) is 0 Å². The molecule has 1 aromatic heterocycles. The first kappa shape index (κ1) is 44.8. The van der Waals surface area contributed by atoms with Crippen LogP contribution in [0.5, 0.6) is 5.75 Å². The molecule has 5 fully saturated rings. The summed E-state index contributed by atoms with van der Waals surface area (Å²) < 4.78 is 9.85. The van der Waals surface area contributed by atoms with E-state index in [4.69, 9.17) is 4.74 Å². The topological polar surface area (TPSA) is 15.7 Å². The predicted molar refractivity (Wildman–Crippen MR) is 297 cm³/mol. The summed E-state index contributed by atoms with van der Waals surface area (Å²) >= 11 is 1.95. The molecule has 70 heavy (non-hydrogen) atoms. The summed E-state index contributed by atoms with van der Waals surface area (Å²) in [5, 5.41) is 2.77. The van der Waals surface area contributed by atoms with E-state index in [0.717, 1.165) is 29.4 Å². The van der Waals surface area contributed by atoms with Gasteiger partial charge < -0.3 is 14.5 Å². The Morgan fingerprint density at radius 1 is 0.400 bits per heavy atom. The summed E-state index contributed by atoms with van der Waals surface area (Å²) in [6.45, 7) is 0. The SMILES string of the molecule is c1ccc(-c2ccc(N(C3CCCC(C4CCCC(N(c5ccc(-c6cccc7c6sc6ccccc67)cc5)C5CCC(C6CCCCC6)CC5)C4)C3)C3CCCC4c5ccccc5OC43)cc2)cc1. The quantitative estimate of drug-likeness (QED) is 0.136. The maximum absolute atomic E-state index is 7.05. The minimum Gasteiger partial charge on any atom is -0.487 e. The molecule has 0 bridgehead atoms. The van der Waals surface area contributed by atoms with Crippen LogP contribution in [0, 0.1) is 23.7 Å². The Labute approximate surface area is 422 Å². The van der Waals surface area contributed by atoms with Crippen LogP contribution in [0.25, 0.3) is 42.4 Å². The molecule has 7 aromatic rings. The second-order valence-corrected chi connectivity index (χ2v) is 24.0. The lowest BCUT2D eigenvalue weighted by Crippen LogP contribution is -2.55. The Hall–Kier alpha value is -5.06. The molecule has 5 saturated carbocycles. The van der Waals surface area contributed by atoms with Crippen LogP contribution in [0.3, 0.4) is 0 Å². The summed E-state index contributed by atoms with van der Waals surface area (Å²) in [6, 6.07) is 57.7. The number of hydrogen-bond donors (Lipinski definition) is 0. The molecule has 0 radical (unpaired) electrons. The first-order valence-electron chi connectivity index (χ1n) is 28.2. The Morgan fingerprint density at radius 3 is 1.77 bits per heavy atom. The van der Waals surface area contributed by atoms with Crippen molar-refractivity contribution < 1.29 is 4.74 Å². The number of hydrogen-bond acceptors (Lipinski definition) is 4. The second-order valence-electron chi connectivity index (χ2n) is 22.9.